The molecular formula is C17H20FNO. The van der Waals surface area contributed by atoms with Crippen LogP contribution in [-0.2, 0) is 0 Å². The normalized spacial score (nSPS) is 13.8. The van der Waals surface area contributed by atoms with Gasteiger partial charge in [-0.15, -0.1) is 0 Å². The van der Waals surface area contributed by atoms with Gasteiger partial charge in [-0.25, -0.2) is 4.39 Å². The predicted octanol–water partition coefficient (Wildman–Crippen LogP) is 4.25. The highest BCUT2D eigenvalue weighted by molar-refractivity contribution is 5.36. The number of rotatable bonds is 5. The van der Waals surface area contributed by atoms with Crippen molar-refractivity contribution in [2.24, 2.45) is 0 Å². The number of hydrogen-bond acceptors (Lipinski definition) is 2. The van der Waals surface area contributed by atoms with E-state index < -0.39 is 0 Å². The smallest absolute Gasteiger partial charge is 0.123 e. The molecule has 2 aromatic carbocycles. The summed E-state index contributed by atoms with van der Waals surface area (Å²) in [5.41, 5.74) is 2.03. The molecule has 0 aliphatic rings. The fourth-order valence-electron chi connectivity index (χ4n) is 2.35. The SMILES string of the molecule is COc1ccc(F)cc1C(C)NC(C)c1ccccc1. The van der Waals surface area contributed by atoms with Crippen LogP contribution >= 0.6 is 0 Å². The number of nitrogens with one attached hydrogen (secondary N) is 1. The van der Waals surface area contributed by atoms with Gasteiger partial charge in [-0.1, -0.05) is 30.3 Å². The average Bonchev–Trinajstić information content (AvgIpc) is 2.48. The van der Waals surface area contributed by atoms with Crippen molar-refractivity contribution in [1.29, 1.82) is 0 Å². The lowest BCUT2D eigenvalue weighted by Gasteiger charge is -2.22. The molecule has 0 saturated heterocycles. The number of benzene rings is 2. The second-order valence-electron chi connectivity index (χ2n) is 4.91. The maximum Gasteiger partial charge on any atom is 0.123 e. The van der Waals surface area contributed by atoms with E-state index in [-0.39, 0.29) is 17.9 Å². The summed E-state index contributed by atoms with van der Waals surface area (Å²) in [6.45, 7) is 4.11. The minimum Gasteiger partial charge on any atom is -0.496 e. The molecule has 1 N–H and O–H groups in total. The molecule has 0 saturated carbocycles. The van der Waals surface area contributed by atoms with Crippen LogP contribution < -0.4 is 10.1 Å². The number of methoxy groups -OCH3 is 1. The minimum atomic E-state index is -0.248. The van der Waals surface area contributed by atoms with Gasteiger partial charge in [0, 0.05) is 17.6 Å². The summed E-state index contributed by atoms with van der Waals surface area (Å²) >= 11 is 0. The Morgan fingerprint density at radius 2 is 1.70 bits per heavy atom. The second-order valence-corrected chi connectivity index (χ2v) is 4.91. The second kappa shape index (κ2) is 6.53. The molecule has 20 heavy (non-hydrogen) atoms. The van der Waals surface area contributed by atoms with Crippen molar-refractivity contribution in [3.8, 4) is 5.75 Å². The van der Waals surface area contributed by atoms with E-state index in [2.05, 4.69) is 24.4 Å². The van der Waals surface area contributed by atoms with Gasteiger partial charge in [-0.3, -0.25) is 0 Å². The van der Waals surface area contributed by atoms with Gasteiger partial charge in [0.2, 0.25) is 0 Å². The molecule has 106 valence electrons. The van der Waals surface area contributed by atoms with Crippen LogP contribution in [0.5, 0.6) is 5.75 Å². The van der Waals surface area contributed by atoms with Crippen LogP contribution in [0.25, 0.3) is 0 Å². The van der Waals surface area contributed by atoms with E-state index >= 15 is 0 Å². The highest BCUT2D eigenvalue weighted by Crippen LogP contribution is 2.27. The molecule has 0 spiro atoms. The molecular weight excluding hydrogens is 253 g/mol. The van der Waals surface area contributed by atoms with E-state index in [0.29, 0.717) is 5.75 Å². The average molecular weight is 273 g/mol. The Hall–Kier alpha value is -1.87. The largest absolute Gasteiger partial charge is 0.496 e. The summed E-state index contributed by atoms with van der Waals surface area (Å²) in [5, 5.41) is 3.47. The lowest BCUT2D eigenvalue weighted by Crippen LogP contribution is -2.23. The van der Waals surface area contributed by atoms with Gasteiger partial charge < -0.3 is 10.1 Å². The summed E-state index contributed by atoms with van der Waals surface area (Å²) in [5.74, 6) is 0.452. The van der Waals surface area contributed by atoms with Crippen LogP contribution in [0.4, 0.5) is 4.39 Å². The number of hydrogen-bond donors (Lipinski definition) is 1. The first-order valence-corrected chi connectivity index (χ1v) is 6.76. The summed E-state index contributed by atoms with van der Waals surface area (Å²) < 4.78 is 18.7. The summed E-state index contributed by atoms with van der Waals surface area (Å²) in [6, 6.07) is 15.0. The van der Waals surface area contributed by atoms with Gasteiger partial charge in [0.15, 0.2) is 0 Å². The van der Waals surface area contributed by atoms with Crippen LogP contribution in [0.15, 0.2) is 48.5 Å². The van der Waals surface area contributed by atoms with Crippen molar-refractivity contribution in [1.82, 2.24) is 5.32 Å². The van der Waals surface area contributed by atoms with E-state index in [0.717, 1.165) is 5.56 Å². The maximum absolute atomic E-state index is 13.4. The fourth-order valence-corrected chi connectivity index (χ4v) is 2.35. The van der Waals surface area contributed by atoms with Gasteiger partial charge in [0.25, 0.3) is 0 Å². The molecule has 2 atom stereocenters. The van der Waals surface area contributed by atoms with Crippen molar-refractivity contribution in [2.75, 3.05) is 7.11 Å². The lowest BCUT2D eigenvalue weighted by atomic mass is 10.0. The Labute approximate surface area is 119 Å². The van der Waals surface area contributed by atoms with E-state index in [9.17, 15) is 4.39 Å². The Morgan fingerprint density at radius 3 is 2.35 bits per heavy atom. The third kappa shape index (κ3) is 3.36. The molecule has 0 amide bonds. The molecule has 0 fully saturated rings. The first kappa shape index (κ1) is 14.5. The van der Waals surface area contributed by atoms with E-state index in [1.165, 1.54) is 17.7 Å². The Balaban J connectivity index is 2.16. The van der Waals surface area contributed by atoms with Crippen molar-refractivity contribution in [3.63, 3.8) is 0 Å². The van der Waals surface area contributed by atoms with Gasteiger partial charge in [-0.05, 0) is 37.6 Å². The standard InChI is InChI=1S/C17H20FNO/c1-12(14-7-5-4-6-8-14)19-13(2)16-11-15(18)9-10-17(16)20-3/h4-13,19H,1-3H3. The van der Waals surface area contributed by atoms with Crippen LogP contribution in [-0.4, -0.2) is 7.11 Å². The van der Waals surface area contributed by atoms with E-state index in [4.69, 9.17) is 4.74 Å². The molecule has 2 rings (SSSR count). The zero-order chi connectivity index (χ0) is 14.5. The molecule has 0 aliphatic heterocycles. The number of ether oxygens (including phenoxy) is 1. The molecule has 0 heterocycles. The highest BCUT2D eigenvalue weighted by Gasteiger charge is 2.15. The minimum absolute atomic E-state index is 0.00384. The zero-order valence-corrected chi connectivity index (χ0v) is 12.1. The fraction of sp³-hybridized carbons (Fsp3) is 0.294. The topological polar surface area (TPSA) is 21.3 Å². The highest BCUT2D eigenvalue weighted by atomic mass is 19.1. The third-order valence-electron chi connectivity index (χ3n) is 3.46. The quantitative estimate of drug-likeness (QED) is 0.879. The molecule has 2 unspecified atom stereocenters. The summed E-state index contributed by atoms with van der Waals surface area (Å²) in [6.07, 6.45) is 0. The predicted molar refractivity (Wildman–Crippen MR) is 79.4 cm³/mol. The van der Waals surface area contributed by atoms with Crippen molar-refractivity contribution in [3.05, 3.63) is 65.5 Å². The summed E-state index contributed by atoms with van der Waals surface area (Å²) in [7, 11) is 1.60. The van der Waals surface area contributed by atoms with Gasteiger partial charge in [-0.2, -0.15) is 0 Å². The van der Waals surface area contributed by atoms with Crippen LogP contribution in [0.3, 0.4) is 0 Å². The van der Waals surface area contributed by atoms with Crippen LogP contribution in [0, 0.1) is 5.82 Å². The van der Waals surface area contributed by atoms with Crippen LogP contribution in [0.2, 0.25) is 0 Å². The third-order valence-corrected chi connectivity index (χ3v) is 3.46. The monoisotopic (exact) mass is 273 g/mol. The van der Waals surface area contributed by atoms with Gasteiger partial charge in [0.05, 0.1) is 7.11 Å². The summed E-state index contributed by atoms with van der Waals surface area (Å²) in [4.78, 5) is 0. The molecule has 0 radical (unpaired) electrons. The molecule has 2 nitrogen and oxygen atoms in total. The van der Waals surface area contributed by atoms with Crippen molar-refractivity contribution in [2.45, 2.75) is 25.9 Å². The Morgan fingerprint density at radius 1 is 1.00 bits per heavy atom. The van der Waals surface area contributed by atoms with Crippen molar-refractivity contribution >= 4 is 0 Å². The Bertz CT molecular complexity index is 556. The van der Waals surface area contributed by atoms with E-state index in [1.54, 1.807) is 13.2 Å². The lowest BCUT2D eigenvalue weighted by molar-refractivity contribution is 0.395. The molecule has 0 bridgehead atoms. The first-order chi connectivity index (χ1) is 9.61. The maximum atomic E-state index is 13.4. The van der Waals surface area contributed by atoms with Gasteiger partial charge in [0.1, 0.15) is 11.6 Å². The Kier molecular flexibility index (Phi) is 4.74. The molecule has 0 aromatic heterocycles. The molecule has 0 aliphatic carbocycles. The van der Waals surface area contributed by atoms with E-state index in [1.807, 2.05) is 25.1 Å². The van der Waals surface area contributed by atoms with Crippen LogP contribution in [0.1, 0.15) is 37.1 Å². The van der Waals surface area contributed by atoms with Crippen molar-refractivity contribution < 1.29 is 9.13 Å². The molecule has 3 heteroatoms. The zero-order valence-electron chi connectivity index (χ0n) is 12.1. The molecule has 2 aromatic rings. The number of halogens is 1. The van der Waals surface area contributed by atoms with Gasteiger partial charge >= 0.3 is 0 Å². The first-order valence-electron chi connectivity index (χ1n) is 6.76.